The third-order valence-corrected chi connectivity index (χ3v) is 13.8. The Morgan fingerprint density at radius 2 is 0.875 bits per heavy atom. The third kappa shape index (κ3) is 20.4. The first-order valence-corrected chi connectivity index (χ1v) is 27.2. The van der Waals surface area contributed by atoms with E-state index in [4.69, 9.17) is 18.9 Å². The molecule has 2 atom stereocenters. The molecular formula is C56H76N8O16. The molecule has 0 spiro atoms. The molecule has 4 aliphatic heterocycles. The number of aryl methyl sites for hydroxylation is 2. The summed E-state index contributed by atoms with van der Waals surface area (Å²) in [7, 11) is 0. The van der Waals surface area contributed by atoms with Crippen molar-refractivity contribution in [3.05, 3.63) is 59.7 Å². The number of nitrogens with one attached hydrogen (secondary N) is 4. The number of carbonyl (C=O) groups is 12. The van der Waals surface area contributed by atoms with Crippen molar-refractivity contribution in [2.24, 2.45) is 17.3 Å². The molecule has 0 bridgehead atoms. The van der Waals surface area contributed by atoms with E-state index in [0.717, 1.165) is 20.9 Å². The summed E-state index contributed by atoms with van der Waals surface area (Å²) >= 11 is 0. The molecule has 0 saturated carbocycles. The fraction of sp³-hybridized carbons (Fsp3) is 0.571. The first-order chi connectivity index (χ1) is 38.2. The van der Waals surface area contributed by atoms with Crippen LogP contribution in [0.2, 0.25) is 0 Å². The highest BCUT2D eigenvalue weighted by atomic mass is 16.5. The molecule has 4 aliphatic rings. The van der Waals surface area contributed by atoms with Crippen molar-refractivity contribution in [3.63, 3.8) is 0 Å². The molecule has 80 heavy (non-hydrogen) atoms. The predicted molar refractivity (Wildman–Crippen MR) is 287 cm³/mol. The normalized spacial score (nSPS) is 17.4. The lowest BCUT2D eigenvalue weighted by atomic mass is 9.92. The van der Waals surface area contributed by atoms with Crippen molar-refractivity contribution in [3.8, 4) is 0 Å². The largest absolute Gasteiger partial charge is 0.379 e. The molecule has 4 saturated heterocycles. The summed E-state index contributed by atoms with van der Waals surface area (Å²) in [5, 5.41) is 11.0. The van der Waals surface area contributed by atoms with Gasteiger partial charge in [0.1, 0.15) is 0 Å². The average Bonchev–Trinajstić information content (AvgIpc) is 3.73. The van der Waals surface area contributed by atoms with Crippen LogP contribution in [0.25, 0.3) is 0 Å². The van der Waals surface area contributed by atoms with E-state index in [0.29, 0.717) is 89.7 Å². The quantitative estimate of drug-likeness (QED) is 0.0462. The van der Waals surface area contributed by atoms with E-state index in [-0.39, 0.29) is 167 Å². The van der Waals surface area contributed by atoms with Crippen LogP contribution >= 0.6 is 0 Å². The molecule has 0 radical (unpaired) electrons. The van der Waals surface area contributed by atoms with Gasteiger partial charge in [-0.05, 0) is 48.2 Å². The Kier molecular flexibility index (Phi) is 25.5. The molecule has 24 heteroatoms. The van der Waals surface area contributed by atoms with Gasteiger partial charge in [0.25, 0.3) is 0 Å². The number of hydrogen-bond acceptors (Lipinski definition) is 16. The minimum absolute atomic E-state index is 0.0475. The van der Waals surface area contributed by atoms with Crippen molar-refractivity contribution in [2.45, 2.75) is 98.3 Å². The van der Waals surface area contributed by atoms with Gasteiger partial charge in [0, 0.05) is 107 Å². The summed E-state index contributed by atoms with van der Waals surface area (Å²) in [6, 6.07) is 14.4. The summed E-state index contributed by atoms with van der Waals surface area (Å²) in [6.07, 6.45) is 3.10. The fourth-order valence-corrected chi connectivity index (χ4v) is 8.49. The summed E-state index contributed by atoms with van der Waals surface area (Å²) in [5.74, 6) is -3.10. The van der Waals surface area contributed by atoms with Crippen LogP contribution in [0.5, 0.6) is 0 Å². The molecule has 24 nitrogen and oxygen atoms in total. The Hall–Kier alpha value is -7.28. The van der Waals surface area contributed by atoms with Crippen LogP contribution in [0.4, 0.5) is 11.4 Å². The van der Waals surface area contributed by atoms with Crippen LogP contribution in [0.1, 0.15) is 96.6 Å². The van der Waals surface area contributed by atoms with Crippen LogP contribution in [0.3, 0.4) is 0 Å². The molecule has 0 aliphatic carbocycles. The molecule has 2 aromatic rings. The number of β-lactam (4-membered cyclic amide) rings is 2. The highest BCUT2D eigenvalue weighted by Gasteiger charge is 2.45. The van der Waals surface area contributed by atoms with E-state index in [1.807, 2.05) is 24.3 Å². The van der Waals surface area contributed by atoms with Gasteiger partial charge in [-0.15, -0.1) is 0 Å². The van der Waals surface area contributed by atoms with Crippen LogP contribution in [0.15, 0.2) is 48.5 Å². The van der Waals surface area contributed by atoms with Crippen molar-refractivity contribution < 1.29 is 76.5 Å². The second-order valence-corrected chi connectivity index (χ2v) is 20.3. The van der Waals surface area contributed by atoms with Gasteiger partial charge in [-0.1, -0.05) is 52.0 Å². The number of anilines is 2. The van der Waals surface area contributed by atoms with Gasteiger partial charge < -0.3 is 40.2 Å². The summed E-state index contributed by atoms with van der Waals surface area (Å²) in [6.45, 7) is 10.9. The van der Waals surface area contributed by atoms with Crippen LogP contribution in [-0.2, 0) is 89.3 Å². The minimum Gasteiger partial charge on any atom is -0.379 e. The maximum absolute atomic E-state index is 12.2. The first kappa shape index (κ1) is 63.6. The van der Waals surface area contributed by atoms with E-state index >= 15 is 0 Å². The van der Waals surface area contributed by atoms with Gasteiger partial charge in [-0.2, -0.15) is 0 Å². The number of carbonyl (C=O) groups excluding carboxylic acids is 12. The zero-order valence-electron chi connectivity index (χ0n) is 46.3. The van der Waals surface area contributed by atoms with Crippen molar-refractivity contribution >= 4 is 82.3 Å². The number of rotatable bonds is 32. The van der Waals surface area contributed by atoms with Crippen LogP contribution < -0.4 is 21.3 Å². The van der Waals surface area contributed by atoms with Crippen molar-refractivity contribution in [1.82, 2.24) is 30.2 Å². The number of benzene rings is 2. The van der Waals surface area contributed by atoms with E-state index in [1.54, 1.807) is 52.0 Å². The summed E-state index contributed by atoms with van der Waals surface area (Å²) in [5.41, 5.74) is 2.47. The van der Waals surface area contributed by atoms with E-state index in [1.165, 1.54) is 9.80 Å². The van der Waals surface area contributed by atoms with Crippen molar-refractivity contribution in [1.29, 1.82) is 0 Å². The SMILES string of the molecule is CC1(C)CC(=O)N(CCC(=O)NCCOCCOCCC(=O)Nc2ccc(CCC(=O)N3CCC3=O)cc2)C1=O.CC1C(=O)N(CCC(=O)NCCOCCOCCC(=O)Nc2ccc(CCC(=O)N3CCC3=O)cc2)C(=O)C1C. The van der Waals surface area contributed by atoms with Gasteiger partial charge in [0.15, 0.2) is 0 Å². The highest BCUT2D eigenvalue weighted by molar-refractivity contribution is 6.06. The van der Waals surface area contributed by atoms with Gasteiger partial charge >= 0.3 is 0 Å². The topological polar surface area (TPSA) is 303 Å². The average molecular weight is 1120 g/mol. The van der Waals surface area contributed by atoms with E-state index in [2.05, 4.69) is 21.3 Å². The Balaban J connectivity index is 0.000000294. The fourth-order valence-electron chi connectivity index (χ4n) is 8.49. The summed E-state index contributed by atoms with van der Waals surface area (Å²) in [4.78, 5) is 148. The Labute approximate surface area is 465 Å². The monoisotopic (exact) mass is 1120 g/mol. The van der Waals surface area contributed by atoms with Crippen LogP contribution in [0, 0.1) is 17.3 Å². The zero-order chi connectivity index (χ0) is 58.2. The molecule has 0 aromatic heterocycles. The molecule has 4 heterocycles. The lowest BCUT2D eigenvalue weighted by molar-refractivity contribution is -0.153. The van der Waals surface area contributed by atoms with Crippen molar-refractivity contribution in [2.75, 3.05) is 103 Å². The number of amides is 12. The zero-order valence-corrected chi connectivity index (χ0v) is 46.3. The number of ether oxygens (including phenoxy) is 4. The lowest BCUT2D eigenvalue weighted by Gasteiger charge is -2.28. The molecule has 4 fully saturated rings. The predicted octanol–water partition coefficient (Wildman–Crippen LogP) is 1.92. The van der Waals surface area contributed by atoms with E-state index < -0.39 is 5.41 Å². The first-order valence-electron chi connectivity index (χ1n) is 27.2. The van der Waals surface area contributed by atoms with Crippen LogP contribution in [-0.4, -0.2) is 183 Å². The lowest BCUT2D eigenvalue weighted by Crippen LogP contribution is -2.47. The molecule has 12 amide bonds. The smallest absolute Gasteiger partial charge is 0.235 e. The van der Waals surface area contributed by atoms with Gasteiger partial charge in [0.05, 0.1) is 71.1 Å². The molecule has 4 N–H and O–H groups in total. The van der Waals surface area contributed by atoms with Gasteiger partial charge in [-0.25, -0.2) is 0 Å². The number of hydrogen-bond donors (Lipinski definition) is 4. The molecule has 6 rings (SSSR count). The molecule has 2 unspecified atom stereocenters. The standard InChI is InChI=1S/2C28H38N4O8/c1-28(2)19-26(37)32(27(28)38)13-9-22(33)29-12-16-40-18-17-39-15-11-23(34)30-21-6-3-20(4-7-21)5-8-24(35)31-14-10-25(31)36;1-19-20(2)28(38)32(27(19)37)13-9-23(33)29-12-16-40-18-17-39-15-11-24(34)30-22-6-3-21(4-7-22)5-8-25(35)31-14-10-26(31)36/h3-4,6-7H,5,8-19H2,1-2H3,(H,29,33)(H,30,34);3-4,6-7,19-20H,5,8-18H2,1-2H3,(H,29,33)(H,30,34). The Morgan fingerprint density at radius 1 is 0.487 bits per heavy atom. The Bertz CT molecular complexity index is 2390. The van der Waals surface area contributed by atoms with E-state index in [9.17, 15) is 57.5 Å². The summed E-state index contributed by atoms with van der Waals surface area (Å²) < 4.78 is 21.6. The highest BCUT2D eigenvalue weighted by Crippen LogP contribution is 2.31. The number of imide groups is 4. The molecule has 436 valence electrons. The van der Waals surface area contributed by atoms with Gasteiger partial charge in [-0.3, -0.25) is 77.1 Å². The maximum atomic E-state index is 12.2. The second kappa shape index (κ2) is 32.1. The number of likely N-dealkylation sites (tertiary alicyclic amines) is 4. The number of nitrogens with zero attached hydrogens (tertiary/aromatic N) is 4. The minimum atomic E-state index is -0.706. The Morgan fingerprint density at radius 3 is 1.23 bits per heavy atom. The third-order valence-electron chi connectivity index (χ3n) is 13.8. The maximum Gasteiger partial charge on any atom is 0.235 e. The second-order valence-electron chi connectivity index (χ2n) is 20.3. The van der Waals surface area contributed by atoms with Gasteiger partial charge in [0.2, 0.25) is 70.9 Å². The molecular weight excluding hydrogens is 1040 g/mol. The molecule has 2 aromatic carbocycles.